The highest BCUT2D eigenvalue weighted by Crippen LogP contribution is 2.25. The zero-order chi connectivity index (χ0) is 14.2. The number of nitrogens with zero attached hydrogens (tertiary/aromatic N) is 2. The van der Waals surface area contributed by atoms with Gasteiger partial charge in [-0.15, -0.1) is 0 Å². The molecule has 0 saturated carbocycles. The second kappa shape index (κ2) is 5.40. The van der Waals surface area contributed by atoms with Gasteiger partial charge in [-0.25, -0.2) is 14.3 Å². The molecule has 0 aliphatic rings. The van der Waals surface area contributed by atoms with Crippen molar-refractivity contribution in [2.24, 2.45) is 0 Å². The van der Waals surface area contributed by atoms with Crippen LogP contribution in [-0.2, 0) is 9.16 Å². The van der Waals surface area contributed by atoms with E-state index in [0.717, 1.165) is 15.4 Å². The normalized spacial score (nSPS) is 11.8. The molecule has 0 spiro atoms. The van der Waals surface area contributed by atoms with E-state index in [-0.39, 0.29) is 0 Å². The molecule has 4 nitrogen and oxygen atoms in total. The highest BCUT2D eigenvalue weighted by atomic mass is 127. The first-order valence-electron chi connectivity index (χ1n) is 5.77. The van der Waals surface area contributed by atoms with Crippen molar-refractivity contribution in [3.63, 3.8) is 0 Å². The lowest BCUT2D eigenvalue weighted by Crippen LogP contribution is -2.26. The fraction of sp³-hybridized carbons (Fsp3) is 0.385. The summed E-state index contributed by atoms with van der Waals surface area (Å²) < 4.78 is 8.38. The van der Waals surface area contributed by atoms with Crippen LogP contribution in [0.1, 0.15) is 26.3 Å². The van der Waals surface area contributed by atoms with Gasteiger partial charge in [-0.2, -0.15) is 0 Å². The van der Waals surface area contributed by atoms with Gasteiger partial charge in [0.05, 0.1) is 0 Å². The predicted molar refractivity (Wildman–Crippen MR) is 86.8 cm³/mol. The molecule has 0 aliphatic heterocycles. The Kier molecular flexibility index (Phi) is 4.20. The molecule has 0 atom stereocenters. The van der Waals surface area contributed by atoms with Crippen molar-refractivity contribution >= 4 is 55.6 Å². The zero-order valence-corrected chi connectivity index (χ0v) is 14.6. The van der Waals surface area contributed by atoms with Crippen LogP contribution in [0.5, 0.6) is 0 Å². The van der Waals surface area contributed by atoms with Crippen LogP contribution in [0.4, 0.5) is 4.79 Å². The fourth-order valence-corrected chi connectivity index (χ4v) is 2.61. The zero-order valence-electron chi connectivity index (χ0n) is 10.9. The molecule has 0 fully saturated rings. The summed E-state index contributed by atoms with van der Waals surface area (Å²) in [6.07, 6.45) is 1.39. The largest absolute Gasteiger partial charge is 0.443 e. The SMILES string of the molecule is CC(C)(C)OC(=O)n1cc(CI)c2ccc(Br)nc21. The Bertz CT molecular complexity index is 631. The van der Waals surface area contributed by atoms with E-state index in [1.165, 1.54) is 4.57 Å². The summed E-state index contributed by atoms with van der Waals surface area (Å²) in [7, 11) is 0. The van der Waals surface area contributed by atoms with Crippen LogP contribution in [0, 0.1) is 0 Å². The predicted octanol–water partition coefficient (Wildman–Crippen LogP) is 4.52. The lowest BCUT2D eigenvalue weighted by Gasteiger charge is -2.19. The molecule has 6 heteroatoms. The van der Waals surface area contributed by atoms with E-state index in [1.54, 1.807) is 6.20 Å². The molecule has 2 heterocycles. The van der Waals surface area contributed by atoms with Gasteiger partial charge in [0.2, 0.25) is 0 Å². The molecule has 0 aromatic carbocycles. The van der Waals surface area contributed by atoms with Crippen molar-refractivity contribution in [1.29, 1.82) is 0 Å². The quantitative estimate of drug-likeness (QED) is 0.375. The van der Waals surface area contributed by atoms with E-state index in [0.29, 0.717) is 10.3 Å². The third-order valence-corrected chi connectivity index (χ3v) is 3.70. The van der Waals surface area contributed by atoms with Crippen molar-refractivity contribution in [1.82, 2.24) is 9.55 Å². The number of pyridine rings is 1. The van der Waals surface area contributed by atoms with E-state index in [1.807, 2.05) is 32.9 Å². The number of carbonyl (C=O) groups is 1. The van der Waals surface area contributed by atoms with Gasteiger partial charge in [0, 0.05) is 16.0 Å². The third kappa shape index (κ3) is 3.28. The minimum atomic E-state index is -0.524. The Hall–Kier alpha value is -0.630. The molecule has 0 N–H and O–H groups in total. The Morgan fingerprint density at radius 3 is 2.74 bits per heavy atom. The summed E-state index contributed by atoms with van der Waals surface area (Å²) in [4.78, 5) is 16.6. The molecule has 0 radical (unpaired) electrons. The first-order valence-corrected chi connectivity index (χ1v) is 8.09. The Morgan fingerprint density at radius 2 is 2.16 bits per heavy atom. The molecule has 0 unspecified atom stereocenters. The van der Waals surface area contributed by atoms with Gasteiger partial charge in [-0.3, -0.25) is 0 Å². The number of halogens is 2. The fourth-order valence-electron chi connectivity index (χ4n) is 1.70. The van der Waals surface area contributed by atoms with E-state index >= 15 is 0 Å². The maximum absolute atomic E-state index is 12.2. The monoisotopic (exact) mass is 436 g/mol. The molecular formula is C13H14BrIN2O2. The minimum absolute atomic E-state index is 0.404. The summed E-state index contributed by atoms with van der Waals surface area (Å²) >= 11 is 5.60. The maximum Gasteiger partial charge on any atom is 0.420 e. The highest BCUT2D eigenvalue weighted by molar-refractivity contribution is 14.1. The van der Waals surface area contributed by atoms with Crippen LogP contribution >= 0.6 is 38.5 Å². The summed E-state index contributed by atoms with van der Waals surface area (Å²) in [5.74, 6) is 0. The third-order valence-electron chi connectivity index (χ3n) is 2.43. The Balaban J connectivity index is 2.54. The molecule has 0 amide bonds. The topological polar surface area (TPSA) is 44.1 Å². The van der Waals surface area contributed by atoms with E-state index < -0.39 is 11.7 Å². The Labute approximate surface area is 133 Å². The molecule has 2 aromatic rings. The number of alkyl halides is 1. The molecule has 102 valence electrons. The van der Waals surface area contributed by atoms with Crippen LogP contribution in [0.25, 0.3) is 11.0 Å². The van der Waals surface area contributed by atoms with Crippen molar-refractivity contribution in [3.05, 3.63) is 28.5 Å². The van der Waals surface area contributed by atoms with Crippen LogP contribution in [-0.4, -0.2) is 21.2 Å². The van der Waals surface area contributed by atoms with Gasteiger partial charge >= 0.3 is 6.09 Å². The average Bonchev–Trinajstić information content (AvgIpc) is 2.64. The van der Waals surface area contributed by atoms with Crippen molar-refractivity contribution in [2.45, 2.75) is 30.8 Å². The molecule has 2 aromatic heterocycles. The maximum atomic E-state index is 12.2. The number of fused-ring (bicyclic) bond motifs is 1. The van der Waals surface area contributed by atoms with Gasteiger partial charge in [0.25, 0.3) is 0 Å². The van der Waals surface area contributed by atoms with Crippen molar-refractivity contribution < 1.29 is 9.53 Å². The number of rotatable bonds is 1. The van der Waals surface area contributed by atoms with E-state index in [2.05, 4.69) is 43.5 Å². The first-order chi connectivity index (χ1) is 8.81. The smallest absolute Gasteiger partial charge is 0.420 e. The second-order valence-electron chi connectivity index (χ2n) is 5.14. The minimum Gasteiger partial charge on any atom is -0.443 e. The molecular weight excluding hydrogens is 423 g/mol. The van der Waals surface area contributed by atoms with Gasteiger partial charge in [0.1, 0.15) is 10.2 Å². The summed E-state index contributed by atoms with van der Waals surface area (Å²) in [6, 6.07) is 3.83. The van der Waals surface area contributed by atoms with E-state index in [9.17, 15) is 4.79 Å². The number of ether oxygens (including phenoxy) is 1. The van der Waals surface area contributed by atoms with Crippen molar-refractivity contribution in [2.75, 3.05) is 0 Å². The second-order valence-corrected chi connectivity index (χ2v) is 6.72. The first kappa shape index (κ1) is 14.8. The lowest BCUT2D eigenvalue weighted by atomic mass is 10.2. The summed E-state index contributed by atoms with van der Waals surface area (Å²) in [6.45, 7) is 5.54. The molecule has 0 aliphatic carbocycles. The van der Waals surface area contributed by atoms with Gasteiger partial charge < -0.3 is 4.74 Å². The number of hydrogen-bond acceptors (Lipinski definition) is 3. The highest BCUT2D eigenvalue weighted by Gasteiger charge is 2.21. The number of aromatic nitrogens is 2. The number of carbonyl (C=O) groups excluding carboxylic acids is 1. The molecule has 19 heavy (non-hydrogen) atoms. The Morgan fingerprint density at radius 1 is 1.47 bits per heavy atom. The molecule has 2 rings (SSSR count). The summed E-state index contributed by atoms with van der Waals surface area (Å²) in [5.41, 5.74) is 1.17. The van der Waals surface area contributed by atoms with Gasteiger partial charge in [0.15, 0.2) is 5.65 Å². The van der Waals surface area contributed by atoms with Crippen LogP contribution in [0.15, 0.2) is 22.9 Å². The van der Waals surface area contributed by atoms with Crippen molar-refractivity contribution in [3.8, 4) is 0 Å². The van der Waals surface area contributed by atoms with Crippen LogP contribution < -0.4 is 0 Å². The van der Waals surface area contributed by atoms with Crippen LogP contribution in [0.3, 0.4) is 0 Å². The number of hydrogen-bond donors (Lipinski definition) is 0. The van der Waals surface area contributed by atoms with Gasteiger partial charge in [-0.1, -0.05) is 22.6 Å². The van der Waals surface area contributed by atoms with Crippen LogP contribution in [0.2, 0.25) is 0 Å². The summed E-state index contributed by atoms with van der Waals surface area (Å²) in [5, 5.41) is 0.975. The standard InChI is InChI=1S/C13H14BrIN2O2/c1-13(2,3)19-12(18)17-7-8(6-15)9-4-5-10(14)16-11(9)17/h4-5,7H,6H2,1-3H3. The van der Waals surface area contributed by atoms with E-state index in [4.69, 9.17) is 4.74 Å². The van der Waals surface area contributed by atoms with Gasteiger partial charge in [-0.05, 0) is 54.4 Å². The lowest BCUT2D eigenvalue weighted by molar-refractivity contribution is 0.0543. The molecule has 0 saturated heterocycles. The molecule has 0 bridgehead atoms. The average molecular weight is 437 g/mol.